The number of carbonyl (C=O) groups excluding carboxylic acids is 2. The van der Waals surface area contributed by atoms with Crippen molar-refractivity contribution < 1.29 is 19.1 Å². The molecule has 0 bridgehead atoms. The predicted octanol–water partition coefficient (Wildman–Crippen LogP) is 4.51. The van der Waals surface area contributed by atoms with E-state index in [4.69, 9.17) is 9.47 Å². The predicted molar refractivity (Wildman–Crippen MR) is 130 cm³/mol. The highest BCUT2D eigenvalue weighted by atomic mass is 16.5. The fourth-order valence-corrected chi connectivity index (χ4v) is 3.88. The lowest BCUT2D eigenvalue weighted by Crippen LogP contribution is -2.35. The summed E-state index contributed by atoms with van der Waals surface area (Å²) in [5.74, 6) is 1.03. The second kappa shape index (κ2) is 11.3. The smallest absolute Gasteiger partial charge is 0.251 e. The van der Waals surface area contributed by atoms with E-state index < -0.39 is 0 Å². The van der Waals surface area contributed by atoms with Crippen LogP contribution in [0.4, 0.5) is 5.69 Å². The maximum atomic E-state index is 12.8. The summed E-state index contributed by atoms with van der Waals surface area (Å²) in [7, 11) is 0. The lowest BCUT2D eigenvalue weighted by atomic mass is 10.1. The Morgan fingerprint density at radius 1 is 1.03 bits per heavy atom. The van der Waals surface area contributed by atoms with E-state index in [-0.39, 0.29) is 11.8 Å². The average Bonchev–Trinajstić information content (AvgIpc) is 2.88. The van der Waals surface area contributed by atoms with Gasteiger partial charge in [0.05, 0.1) is 6.61 Å². The molecule has 7 heteroatoms. The van der Waals surface area contributed by atoms with Gasteiger partial charge in [-0.1, -0.05) is 18.2 Å². The first-order valence-corrected chi connectivity index (χ1v) is 11.6. The molecule has 1 N–H and O–H groups in total. The number of carbonyl (C=O) groups is 2. The number of rotatable bonds is 9. The molecule has 0 aliphatic carbocycles. The molecule has 0 atom stereocenters. The maximum Gasteiger partial charge on any atom is 0.251 e. The number of ether oxygens (including phenoxy) is 2. The SMILES string of the molecule is CCOc1cc(C(=O)NCc2cccc(N3CCCCC3=O)c2)ccc1OCc1cccnc1. The van der Waals surface area contributed by atoms with Gasteiger partial charge in [0.15, 0.2) is 11.5 Å². The lowest BCUT2D eigenvalue weighted by molar-refractivity contribution is -0.119. The molecule has 34 heavy (non-hydrogen) atoms. The Balaban J connectivity index is 1.40. The van der Waals surface area contributed by atoms with Crippen molar-refractivity contribution in [2.45, 2.75) is 39.3 Å². The maximum absolute atomic E-state index is 12.8. The minimum Gasteiger partial charge on any atom is -0.490 e. The van der Waals surface area contributed by atoms with E-state index in [2.05, 4.69) is 10.3 Å². The Hall–Kier alpha value is -3.87. The first-order chi connectivity index (χ1) is 16.6. The molecule has 1 aromatic heterocycles. The van der Waals surface area contributed by atoms with Gasteiger partial charge in [0, 0.05) is 48.7 Å². The Morgan fingerprint density at radius 2 is 1.91 bits per heavy atom. The Kier molecular flexibility index (Phi) is 7.75. The molecule has 1 saturated heterocycles. The van der Waals surface area contributed by atoms with Gasteiger partial charge in [-0.2, -0.15) is 0 Å². The number of piperidine rings is 1. The van der Waals surface area contributed by atoms with Gasteiger partial charge in [0.25, 0.3) is 5.91 Å². The summed E-state index contributed by atoms with van der Waals surface area (Å²) < 4.78 is 11.6. The zero-order chi connectivity index (χ0) is 23.8. The number of hydrogen-bond acceptors (Lipinski definition) is 5. The normalized spacial score (nSPS) is 13.4. The number of pyridine rings is 1. The second-order valence-electron chi connectivity index (χ2n) is 8.10. The van der Waals surface area contributed by atoms with Gasteiger partial charge < -0.3 is 19.7 Å². The number of anilines is 1. The van der Waals surface area contributed by atoms with Crippen LogP contribution in [0, 0.1) is 0 Å². The third kappa shape index (κ3) is 5.92. The molecule has 4 rings (SSSR count). The molecule has 3 aromatic rings. The van der Waals surface area contributed by atoms with Gasteiger partial charge in [-0.25, -0.2) is 0 Å². The lowest BCUT2D eigenvalue weighted by Gasteiger charge is -2.27. The second-order valence-corrected chi connectivity index (χ2v) is 8.10. The van der Waals surface area contributed by atoms with Crippen molar-refractivity contribution >= 4 is 17.5 Å². The quantitative estimate of drug-likeness (QED) is 0.509. The Morgan fingerprint density at radius 3 is 2.71 bits per heavy atom. The van der Waals surface area contributed by atoms with E-state index in [9.17, 15) is 9.59 Å². The summed E-state index contributed by atoms with van der Waals surface area (Å²) in [5.41, 5.74) is 3.25. The van der Waals surface area contributed by atoms with Crippen LogP contribution >= 0.6 is 0 Å². The molecule has 176 valence electrons. The van der Waals surface area contributed by atoms with Gasteiger partial charge >= 0.3 is 0 Å². The molecule has 0 saturated carbocycles. The largest absolute Gasteiger partial charge is 0.490 e. The number of hydrogen-bond donors (Lipinski definition) is 1. The highest BCUT2D eigenvalue weighted by molar-refractivity contribution is 5.95. The van der Waals surface area contributed by atoms with Crippen molar-refractivity contribution in [1.29, 1.82) is 0 Å². The fraction of sp³-hybridized carbons (Fsp3) is 0.296. The molecule has 1 fully saturated rings. The van der Waals surface area contributed by atoms with Crippen LogP contribution < -0.4 is 19.7 Å². The number of benzene rings is 2. The topological polar surface area (TPSA) is 80.8 Å². The number of nitrogens with one attached hydrogen (secondary N) is 1. The minimum absolute atomic E-state index is 0.154. The zero-order valence-electron chi connectivity index (χ0n) is 19.3. The van der Waals surface area contributed by atoms with Gasteiger partial charge in [0.2, 0.25) is 5.91 Å². The first-order valence-electron chi connectivity index (χ1n) is 11.6. The van der Waals surface area contributed by atoms with Crippen LogP contribution in [0.5, 0.6) is 11.5 Å². The molecule has 0 spiro atoms. The average molecular weight is 460 g/mol. The molecule has 2 heterocycles. The standard InChI is InChI=1S/C27H29N3O4/c1-2-33-25-16-22(11-12-24(25)34-19-21-8-6-13-28-17-21)27(32)29-18-20-7-5-9-23(15-20)30-14-4-3-10-26(30)31/h5-9,11-13,15-17H,2-4,10,14,18-19H2,1H3,(H,29,32). The van der Waals surface area contributed by atoms with Crippen LogP contribution in [0.2, 0.25) is 0 Å². The zero-order valence-corrected chi connectivity index (χ0v) is 19.3. The van der Waals surface area contributed by atoms with E-state index in [1.54, 1.807) is 30.6 Å². The molecule has 0 radical (unpaired) electrons. The van der Waals surface area contributed by atoms with Crippen molar-refractivity contribution in [3.63, 3.8) is 0 Å². The fourth-order valence-electron chi connectivity index (χ4n) is 3.88. The Bertz CT molecular complexity index is 1130. The monoisotopic (exact) mass is 459 g/mol. The van der Waals surface area contributed by atoms with Crippen molar-refractivity contribution in [3.8, 4) is 11.5 Å². The summed E-state index contributed by atoms with van der Waals surface area (Å²) in [6, 6.07) is 16.7. The van der Waals surface area contributed by atoms with Crippen molar-refractivity contribution in [3.05, 3.63) is 83.7 Å². The Labute approximate surface area is 199 Å². The highest BCUT2D eigenvalue weighted by Gasteiger charge is 2.19. The van der Waals surface area contributed by atoms with Crippen LogP contribution in [-0.2, 0) is 17.9 Å². The summed E-state index contributed by atoms with van der Waals surface area (Å²) in [6.45, 7) is 3.80. The van der Waals surface area contributed by atoms with Crippen LogP contribution in [0.1, 0.15) is 47.7 Å². The summed E-state index contributed by atoms with van der Waals surface area (Å²) in [6.07, 6.45) is 6.01. The third-order valence-corrected chi connectivity index (χ3v) is 5.62. The van der Waals surface area contributed by atoms with Crippen molar-refractivity contribution in [1.82, 2.24) is 10.3 Å². The number of aromatic nitrogens is 1. The van der Waals surface area contributed by atoms with Crippen LogP contribution in [0.3, 0.4) is 0 Å². The van der Waals surface area contributed by atoms with E-state index in [0.717, 1.165) is 36.2 Å². The highest BCUT2D eigenvalue weighted by Crippen LogP contribution is 2.29. The number of nitrogens with zero attached hydrogens (tertiary/aromatic N) is 2. The summed E-state index contributed by atoms with van der Waals surface area (Å²) in [5, 5.41) is 2.96. The molecule has 7 nitrogen and oxygen atoms in total. The van der Waals surface area contributed by atoms with Crippen LogP contribution in [0.25, 0.3) is 0 Å². The summed E-state index contributed by atoms with van der Waals surface area (Å²) >= 11 is 0. The first kappa shape index (κ1) is 23.3. The van der Waals surface area contributed by atoms with Crippen molar-refractivity contribution in [2.75, 3.05) is 18.1 Å². The van der Waals surface area contributed by atoms with E-state index in [1.165, 1.54) is 0 Å². The molecular weight excluding hydrogens is 430 g/mol. The minimum atomic E-state index is -0.209. The van der Waals surface area contributed by atoms with Crippen LogP contribution in [-0.4, -0.2) is 29.9 Å². The van der Waals surface area contributed by atoms with Gasteiger partial charge in [-0.05, 0) is 61.7 Å². The molecule has 2 aromatic carbocycles. The van der Waals surface area contributed by atoms with Crippen LogP contribution in [0.15, 0.2) is 67.0 Å². The molecular formula is C27H29N3O4. The van der Waals surface area contributed by atoms with E-state index in [1.807, 2.05) is 48.2 Å². The van der Waals surface area contributed by atoms with E-state index in [0.29, 0.717) is 43.2 Å². The van der Waals surface area contributed by atoms with Gasteiger partial charge in [0.1, 0.15) is 6.61 Å². The molecule has 2 amide bonds. The summed E-state index contributed by atoms with van der Waals surface area (Å²) in [4.78, 5) is 31.0. The molecule has 1 aliphatic heterocycles. The number of amides is 2. The molecule has 1 aliphatic rings. The third-order valence-electron chi connectivity index (χ3n) is 5.62. The van der Waals surface area contributed by atoms with E-state index >= 15 is 0 Å². The van der Waals surface area contributed by atoms with Gasteiger partial charge in [-0.3, -0.25) is 14.6 Å². The van der Waals surface area contributed by atoms with Gasteiger partial charge in [-0.15, -0.1) is 0 Å². The van der Waals surface area contributed by atoms with Crippen molar-refractivity contribution in [2.24, 2.45) is 0 Å². The molecule has 0 unspecified atom stereocenters.